The van der Waals surface area contributed by atoms with E-state index in [-0.39, 0.29) is 0 Å². The molecule has 0 aliphatic carbocycles. The van der Waals surface area contributed by atoms with Crippen molar-refractivity contribution < 1.29 is 9.26 Å². The van der Waals surface area contributed by atoms with E-state index in [0.29, 0.717) is 42.4 Å². The van der Waals surface area contributed by atoms with Crippen LogP contribution >= 0.6 is 11.6 Å². The Bertz CT molecular complexity index is 883. The molecule has 0 aliphatic rings. The molecule has 0 spiro atoms. The van der Waals surface area contributed by atoms with Crippen LogP contribution in [-0.2, 0) is 6.54 Å². The van der Waals surface area contributed by atoms with Gasteiger partial charge in [0.05, 0.1) is 13.1 Å². The smallest absolute Gasteiger partial charge is 0.246 e. The second-order valence-electron chi connectivity index (χ2n) is 5.54. The third-order valence-corrected chi connectivity index (χ3v) is 3.82. The number of guanidine groups is 1. The van der Waals surface area contributed by atoms with Crippen LogP contribution in [0.25, 0.3) is 11.4 Å². The molecule has 27 heavy (non-hydrogen) atoms. The maximum absolute atomic E-state index is 5.99. The standard InChI is InChI=1S/C19H20ClN5O2/c1-21-19(22-10-11-26-16-8-3-2-4-9-16)23-13-17-24-18(25-27-17)14-6-5-7-15(20)12-14/h2-9,12H,10-11,13H2,1H3,(H2,21,22,23). The second-order valence-corrected chi connectivity index (χ2v) is 5.97. The summed E-state index contributed by atoms with van der Waals surface area (Å²) >= 11 is 5.99. The second kappa shape index (κ2) is 9.59. The molecular formula is C19H20ClN5O2. The molecule has 1 heterocycles. The highest BCUT2D eigenvalue weighted by Gasteiger charge is 2.09. The van der Waals surface area contributed by atoms with Crippen LogP contribution in [0.3, 0.4) is 0 Å². The van der Waals surface area contributed by atoms with Gasteiger partial charge in [-0.2, -0.15) is 4.98 Å². The van der Waals surface area contributed by atoms with Gasteiger partial charge in [-0.05, 0) is 24.3 Å². The van der Waals surface area contributed by atoms with Crippen LogP contribution in [0.5, 0.6) is 5.75 Å². The molecule has 0 saturated heterocycles. The summed E-state index contributed by atoms with van der Waals surface area (Å²) in [5, 5.41) is 10.9. The Hall–Kier alpha value is -3.06. The quantitative estimate of drug-likeness (QED) is 0.369. The van der Waals surface area contributed by atoms with Crippen LogP contribution in [-0.4, -0.2) is 36.3 Å². The fourth-order valence-electron chi connectivity index (χ4n) is 2.31. The summed E-state index contributed by atoms with van der Waals surface area (Å²) in [6, 6.07) is 17.0. The Morgan fingerprint density at radius 1 is 1.15 bits per heavy atom. The summed E-state index contributed by atoms with van der Waals surface area (Å²) in [4.78, 5) is 8.51. The third kappa shape index (κ3) is 5.72. The molecule has 0 atom stereocenters. The summed E-state index contributed by atoms with van der Waals surface area (Å²) in [6.45, 7) is 1.48. The van der Waals surface area contributed by atoms with Gasteiger partial charge < -0.3 is 19.9 Å². The van der Waals surface area contributed by atoms with E-state index in [2.05, 4.69) is 25.8 Å². The monoisotopic (exact) mass is 385 g/mol. The number of aliphatic imine (C=N–C) groups is 1. The van der Waals surface area contributed by atoms with Crippen LogP contribution in [0, 0.1) is 0 Å². The average molecular weight is 386 g/mol. The highest BCUT2D eigenvalue weighted by Crippen LogP contribution is 2.19. The third-order valence-electron chi connectivity index (χ3n) is 3.59. The Labute approximate surface area is 162 Å². The van der Waals surface area contributed by atoms with Gasteiger partial charge in [0.25, 0.3) is 0 Å². The summed E-state index contributed by atoms with van der Waals surface area (Å²) in [5.41, 5.74) is 0.804. The van der Waals surface area contributed by atoms with Gasteiger partial charge in [0.1, 0.15) is 12.4 Å². The molecule has 2 aromatic carbocycles. The molecule has 1 aromatic heterocycles. The van der Waals surface area contributed by atoms with Crippen molar-refractivity contribution in [2.75, 3.05) is 20.2 Å². The predicted octanol–water partition coefficient (Wildman–Crippen LogP) is 3.13. The number of ether oxygens (including phenoxy) is 1. The SMILES string of the molecule is CN=C(NCCOc1ccccc1)NCc1nc(-c2cccc(Cl)c2)no1. The lowest BCUT2D eigenvalue weighted by Gasteiger charge is -2.11. The molecular weight excluding hydrogens is 366 g/mol. The minimum atomic E-state index is 0.354. The van der Waals surface area contributed by atoms with Gasteiger partial charge in [-0.15, -0.1) is 0 Å². The number of hydrogen-bond donors (Lipinski definition) is 2. The molecule has 0 unspecified atom stereocenters. The van der Waals surface area contributed by atoms with Gasteiger partial charge in [-0.3, -0.25) is 4.99 Å². The minimum absolute atomic E-state index is 0.354. The zero-order chi connectivity index (χ0) is 18.9. The van der Waals surface area contributed by atoms with E-state index < -0.39 is 0 Å². The maximum Gasteiger partial charge on any atom is 0.246 e. The van der Waals surface area contributed by atoms with Gasteiger partial charge in [-0.25, -0.2) is 0 Å². The Morgan fingerprint density at radius 3 is 2.78 bits per heavy atom. The topological polar surface area (TPSA) is 84.6 Å². The van der Waals surface area contributed by atoms with Crippen LogP contribution in [0.1, 0.15) is 5.89 Å². The minimum Gasteiger partial charge on any atom is -0.492 e. The number of rotatable bonds is 7. The summed E-state index contributed by atoms with van der Waals surface area (Å²) in [7, 11) is 1.69. The number of aromatic nitrogens is 2. The van der Waals surface area contributed by atoms with E-state index >= 15 is 0 Å². The van der Waals surface area contributed by atoms with Crippen molar-refractivity contribution in [3.63, 3.8) is 0 Å². The molecule has 0 amide bonds. The summed E-state index contributed by atoms with van der Waals surface area (Å²) in [6.07, 6.45) is 0. The molecule has 0 aliphatic heterocycles. The van der Waals surface area contributed by atoms with Crippen LogP contribution in [0.2, 0.25) is 5.02 Å². The van der Waals surface area contributed by atoms with Gasteiger partial charge in [0.2, 0.25) is 11.7 Å². The van der Waals surface area contributed by atoms with E-state index in [9.17, 15) is 0 Å². The predicted molar refractivity (Wildman–Crippen MR) is 105 cm³/mol. The Kier molecular flexibility index (Phi) is 6.65. The van der Waals surface area contributed by atoms with E-state index in [4.69, 9.17) is 20.9 Å². The Morgan fingerprint density at radius 2 is 2.00 bits per heavy atom. The molecule has 3 aromatic rings. The van der Waals surface area contributed by atoms with Gasteiger partial charge in [0, 0.05) is 17.6 Å². The van der Waals surface area contributed by atoms with Gasteiger partial charge in [-0.1, -0.05) is 47.1 Å². The lowest BCUT2D eigenvalue weighted by Crippen LogP contribution is -2.38. The molecule has 0 radical (unpaired) electrons. The van der Waals surface area contributed by atoms with Gasteiger partial charge in [0.15, 0.2) is 5.96 Å². The van der Waals surface area contributed by atoms with Crippen molar-refractivity contribution in [2.24, 2.45) is 4.99 Å². The average Bonchev–Trinajstić information content (AvgIpc) is 3.17. The molecule has 0 bridgehead atoms. The van der Waals surface area contributed by atoms with Crippen molar-refractivity contribution in [3.05, 3.63) is 65.5 Å². The molecule has 0 saturated carbocycles. The fraction of sp³-hybridized carbons (Fsp3) is 0.211. The first-order chi connectivity index (χ1) is 13.2. The van der Waals surface area contributed by atoms with E-state index in [1.807, 2.05) is 42.5 Å². The molecule has 3 rings (SSSR count). The normalized spacial score (nSPS) is 11.3. The number of halogens is 1. The number of para-hydroxylation sites is 1. The van der Waals surface area contributed by atoms with E-state index in [1.165, 1.54) is 0 Å². The highest BCUT2D eigenvalue weighted by atomic mass is 35.5. The van der Waals surface area contributed by atoms with Crippen molar-refractivity contribution >= 4 is 17.6 Å². The largest absolute Gasteiger partial charge is 0.492 e. The molecule has 2 N–H and O–H groups in total. The maximum atomic E-state index is 5.99. The number of nitrogens with zero attached hydrogens (tertiary/aromatic N) is 3. The van der Waals surface area contributed by atoms with E-state index in [1.54, 1.807) is 19.2 Å². The van der Waals surface area contributed by atoms with Crippen molar-refractivity contribution in [3.8, 4) is 17.1 Å². The highest BCUT2D eigenvalue weighted by molar-refractivity contribution is 6.30. The lowest BCUT2D eigenvalue weighted by molar-refractivity contribution is 0.321. The van der Waals surface area contributed by atoms with Crippen molar-refractivity contribution in [1.29, 1.82) is 0 Å². The molecule has 8 heteroatoms. The molecule has 140 valence electrons. The lowest BCUT2D eigenvalue weighted by atomic mass is 10.2. The van der Waals surface area contributed by atoms with Crippen LogP contribution in [0.15, 0.2) is 64.1 Å². The molecule has 7 nitrogen and oxygen atoms in total. The van der Waals surface area contributed by atoms with E-state index in [0.717, 1.165) is 11.3 Å². The van der Waals surface area contributed by atoms with Crippen LogP contribution < -0.4 is 15.4 Å². The summed E-state index contributed by atoms with van der Waals surface area (Å²) < 4.78 is 10.9. The number of hydrogen-bond acceptors (Lipinski definition) is 5. The zero-order valence-corrected chi connectivity index (χ0v) is 15.6. The zero-order valence-electron chi connectivity index (χ0n) is 14.9. The number of nitrogens with one attached hydrogen (secondary N) is 2. The first-order valence-electron chi connectivity index (χ1n) is 8.45. The number of benzene rings is 2. The van der Waals surface area contributed by atoms with Crippen molar-refractivity contribution in [1.82, 2.24) is 20.8 Å². The first-order valence-corrected chi connectivity index (χ1v) is 8.83. The summed E-state index contributed by atoms with van der Waals surface area (Å²) in [5.74, 6) is 2.40. The van der Waals surface area contributed by atoms with Gasteiger partial charge >= 0.3 is 0 Å². The Balaban J connectivity index is 1.44. The van der Waals surface area contributed by atoms with Crippen molar-refractivity contribution in [2.45, 2.75) is 6.54 Å². The first kappa shape index (κ1) is 18.7. The van der Waals surface area contributed by atoms with Crippen LogP contribution in [0.4, 0.5) is 0 Å². The molecule has 0 fully saturated rings. The fourth-order valence-corrected chi connectivity index (χ4v) is 2.50.